The number of nitrogens with zero attached hydrogens (tertiary/aromatic N) is 1. The van der Waals surface area contributed by atoms with E-state index in [4.69, 9.17) is 9.15 Å². The van der Waals surface area contributed by atoms with Crippen molar-refractivity contribution in [2.24, 2.45) is 0 Å². The highest BCUT2D eigenvalue weighted by atomic mass is 16.5. The van der Waals surface area contributed by atoms with Gasteiger partial charge in [0, 0.05) is 18.7 Å². The van der Waals surface area contributed by atoms with Crippen LogP contribution >= 0.6 is 0 Å². The molecule has 1 fully saturated rings. The standard InChI is InChI=1S/C18H20N2O4/c1-13(16-4-3-11-23-16)19-17(21)12-24-15-8-6-14(7-9-15)20-10-2-5-18(20)22/h3-4,6-9,11,13H,2,5,10,12H2,1H3,(H,19,21). The molecule has 2 amide bonds. The van der Waals surface area contributed by atoms with Gasteiger partial charge < -0.3 is 19.4 Å². The first-order valence-electron chi connectivity index (χ1n) is 7.99. The molecule has 1 saturated heterocycles. The molecule has 1 unspecified atom stereocenters. The number of furan rings is 1. The lowest BCUT2D eigenvalue weighted by Gasteiger charge is -2.16. The second kappa shape index (κ2) is 7.21. The molecule has 1 N–H and O–H groups in total. The number of benzene rings is 1. The Bertz CT molecular complexity index is 694. The smallest absolute Gasteiger partial charge is 0.258 e. The molecule has 1 aliphatic heterocycles. The second-order valence-electron chi connectivity index (χ2n) is 5.74. The van der Waals surface area contributed by atoms with Crippen molar-refractivity contribution in [3.8, 4) is 5.75 Å². The Morgan fingerprint density at radius 2 is 2.12 bits per heavy atom. The maximum atomic E-state index is 11.9. The maximum absolute atomic E-state index is 11.9. The molecule has 1 aromatic carbocycles. The Hall–Kier alpha value is -2.76. The molecule has 0 spiro atoms. The first-order chi connectivity index (χ1) is 11.6. The van der Waals surface area contributed by atoms with E-state index in [1.54, 1.807) is 29.4 Å². The molecule has 0 aliphatic carbocycles. The summed E-state index contributed by atoms with van der Waals surface area (Å²) in [5.41, 5.74) is 0.862. The lowest BCUT2D eigenvalue weighted by Crippen LogP contribution is -2.31. The minimum Gasteiger partial charge on any atom is -0.484 e. The topological polar surface area (TPSA) is 71.8 Å². The van der Waals surface area contributed by atoms with Gasteiger partial charge in [-0.05, 0) is 49.7 Å². The first-order valence-corrected chi connectivity index (χ1v) is 7.99. The summed E-state index contributed by atoms with van der Waals surface area (Å²) in [6, 6.07) is 10.6. The van der Waals surface area contributed by atoms with Gasteiger partial charge >= 0.3 is 0 Å². The molecule has 6 nitrogen and oxygen atoms in total. The van der Waals surface area contributed by atoms with Crippen molar-refractivity contribution in [2.75, 3.05) is 18.1 Å². The van der Waals surface area contributed by atoms with Gasteiger partial charge in [0.05, 0.1) is 12.3 Å². The Morgan fingerprint density at radius 3 is 2.75 bits per heavy atom. The van der Waals surface area contributed by atoms with E-state index in [0.29, 0.717) is 17.9 Å². The number of carbonyl (C=O) groups excluding carboxylic acids is 2. The van der Waals surface area contributed by atoms with Crippen molar-refractivity contribution in [3.63, 3.8) is 0 Å². The number of rotatable bonds is 6. The van der Waals surface area contributed by atoms with Crippen LogP contribution in [0.5, 0.6) is 5.75 Å². The minimum atomic E-state index is -0.224. The van der Waals surface area contributed by atoms with Crippen molar-refractivity contribution in [3.05, 3.63) is 48.4 Å². The Morgan fingerprint density at radius 1 is 1.33 bits per heavy atom. The fourth-order valence-electron chi connectivity index (χ4n) is 2.68. The summed E-state index contributed by atoms with van der Waals surface area (Å²) in [6.07, 6.45) is 3.07. The molecular formula is C18H20N2O4. The first kappa shape index (κ1) is 16.1. The van der Waals surface area contributed by atoms with Gasteiger partial charge in [-0.2, -0.15) is 0 Å². The van der Waals surface area contributed by atoms with Gasteiger partial charge in [-0.1, -0.05) is 0 Å². The van der Waals surface area contributed by atoms with Crippen molar-refractivity contribution in [1.82, 2.24) is 5.32 Å². The third-order valence-electron chi connectivity index (χ3n) is 3.94. The van der Waals surface area contributed by atoms with Gasteiger partial charge in [0.15, 0.2) is 6.61 Å². The zero-order valence-corrected chi connectivity index (χ0v) is 13.5. The number of carbonyl (C=O) groups is 2. The second-order valence-corrected chi connectivity index (χ2v) is 5.74. The average Bonchev–Trinajstić information content (AvgIpc) is 3.25. The zero-order chi connectivity index (χ0) is 16.9. The van der Waals surface area contributed by atoms with Crippen LogP contribution in [0.25, 0.3) is 0 Å². The third kappa shape index (κ3) is 3.76. The fraction of sp³-hybridized carbons (Fsp3) is 0.333. The Kier molecular flexibility index (Phi) is 4.84. The molecule has 2 heterocycles. The number of ether oxygens (including phenoxy) is 1. The molecule has 0 saturated carbocycles. The third-order valence-corrected chi connectivity index (χ3v) is 3.94. The summed E-state index contributed by atoms with van der Waals surface area (Å²) < 4.78 is 10.7. The van der Waals surface area contributed by atoms with Gasteiger partial charge in [0.25, 0.3) is 5.91 Å². The molecule has 2 aromatic rings. The summed E-state index contributed by atoms with van der Waals surface area (Å²) >= 11 is 0. The quantitative estimate of drug-likeness (QED) is 0.885. The molecule has 0 radical (unpaired) electrons. The van der Waals surface area contributed by atoms with Gasteiger partial charge in [-0.15, -0.1) is 0 Å². The van der Waals surface area contributed by atoms with Crippen LogP contribution in [0.4, 0.5) is 5.69 Å². The molecule has 6 heteroatoms. The molecule has 126 valence electrons. The van der Waals surface area contributed by atoms with Crippen LogP contribution in [-0.2, 0) is 9.59 Å². The Labute approximate surface area is 140 Å². The predicted octanol–water partition coefficient (Wildman–Crippen LogP) is 2.66. The maximum Gasteiger partial charge on any atom is 0.258 e. The van der Waals surface area contributed by atoms with Crippen LogP contribution in [0.15, 0.2) is 47.1 Å². The van der Waals surface area contributed by atoms with Gasteiger partial charge in [0.2, 0.25) is 5.91 Å². The Balaban J connectivity index is 1.49. The molecule has 1 aliphatic rings. The highest BCUT2D eigenvalue weighted by molar-refractivity contribution is 5.95. The van der Waals surface area contributed by atoms with Crippen LogP contribution in [0.1, 0.15) is 31.6 Å². The van der Waals surface area contributed by atoms with Crippen molar-refractivity contribution < 1.29 is 18.7 Å². The molecular weight excluding hydrogens is 308 g/mol. The van der Waals surface area contributed by atoms with E-state index in [1.165, 1.54) is 0 Å². The lowest BCUT2D eigenvalue weighted by molar-refractivity contribution is -0.123. The van der Waals surface area contributed by atoms with Gasteiger partial charge in [0.1, 0.15) is 11.5 Å². The summed E-state index contributed by atoms with van der Waals surface area (Å²) in [6.45, 7) is 2.53. The van der Waals surface area contributed by atoms with E-state index in [2.05, 4.69) is 5.32 Å². The van der Waals surface area contributed by atoms with Gasteiger partial charge in [-0.3, -0.25) is 9.59 Å². The van der Waals surface area contributed by atoms with E-state index >= 15 is 0 Å². The normalized spacial score (nSPS) is 15.4. The minimum absolute atomic E-state index is 0.0763. The summed E-state index contributed by atoms with van der Waals surface area (Å²) in [4.78, 5) is 25.4. The van der Waals surface area contributed by atoms with Crippen molar-refractivity contribution >= 4 is 17.5 Å². The molecule has 1 atom stereocenters. The van der Waals surface area contributed by atoms with E-state index in [1.807, 2.05) is 25.1 Å². The highest BCUT2D eigenvalue weighted by Gasteiger charge is 2.21. The van der Waals surface area contributed by atoms with E-state index in [0.717, 1.165) is 18.7 Å². The van der Waals surface area contributed by atoms with Crippen molar-refractivity contribution in [1.29, 1.82) is 0 Å². The summed E-state index contributed by atoms with van der Waals surface area (Å²) in [5.74, 6) is 1.21. The summed E-state index contributed by atoms with van der Waals surface area (Å²) in [5, 5.41) is 2.80. The van der Waals surface area contributed by atoms with Crippen LogP contribution in [0.2, 0.25) is 0 Å². The average molecular weight is 328 g/mol. The lowest BCUT2D eigenvalue weighted by atomic mass is 10.2. The number of anilines is 1. The van der Waals surface area contributed by atoms with Crippen LogP contribution in [0.3, 0.4) is 0 Å². The predicted molar refractivity (Wildman–Crippen MR) is 88.8 cm³/mol. The van der Waals surface area contributed by atoms with E-state index < -0.39 is 0 Å². The van der Waals surface area contributed by atoms with Crippen molar-refractivity contribution in [2.45, 2.75) is 25.8 Å². The fourth-order valence-corrected chi connectivity index (χ4v) is 2.68. The number of hydrogen-bond donors (Lipinski definition) is 1. The molecule has 24 heavy (non-hydrogen) atoms. The SMILES string of the molecule is CC(NC(=O)COc1ccc(N2CCCC2=O)cc1)c1ccco1. The van der Waals surface area contributed by atoms with Crippen LogP contribution in [0, 0.1) is 0 Å². The highest BCUT2D eigenvalue weighted by Crippen LogP contribution is 2.23. The molecule has 0 bridgehead atoms. The monoisotopic (exact) mass is 328 g/mol. The molecule has 3 rings (SSSR count). The van der Waals surface area contributed by atoms with Crippen LogP contribution in [-0.4, -0.2) is 25.0 Å². The largest absolute Gasteiger partial charge is 0.484 e. The van der Waals surface area contributed by atoms with Crippen LogP contribution < -0.4 is 15.0 Å². The zero-order valence-electron chi connectivity index (χ0n) is 13.5. The number of nitrogens with one attached hydrogen (secondary N) is 1. The van der Waals surface area contributed by atoms with Gasteiger partial charge in [-0.25, -0.2) is 0 Å². The van der Waals surface area contributed by atoms with E-state index in [9.17, 15) is 9.59 Å². The molecule has 1 aromatic heterocycles. The number of amides is 2. The summed E-state index contributed by atoms with van der Waals surface area (Å²) in [7, 11) is 0. The van der Waals surface area contributed by atoms with E-state index in [-0.39, 0.29) is 24.5 Å². The number of hydrogen-bond acceptors (Lipinski definition) is 4.